The number of carbonyl (C=O) groups is 1. The van der Waals surface area contributed by atoms with Gasteiger partial charge in [0.25, 0.3) is 0 Å². The highest BCUT2D eigenvalue weighted by atomic mass is 16.5. The Morgan fingerprint density at radius 1 is 1.62 bits per heavy atom. The van der Waals surface area contributed by atoms with Crippen LogP contribution in [0.5, 0.6) is 0 Å². The van der Waals surface area contributed by atoms with Gasteiger partial charge in [-0.2, -0.15) is 0 Å². The molecule has 4 heteroatoms. The lowest BCUT2D eigenvalue weighted by atomic mass is 10.1. The van der Waals surface area contributed by atoms with E-state index in [1.54, 1.807) is 0 Å². The van der Waals surface area contributed by atoms with Crippen molar-refractivity contribution in [1.82, 2.24) is 5.32 Å². The summed E-state index contributed by atoms with van der Waals surface area (Å²) in [6, 6.07) is 0. The number of aliphatic hydroxyl groups is 1. The zero-order chi connectivity index (χ0) is 10.3. The first kappa shape index (κ1) is 12.4. The Hall–Kier alpha value is -0.610. The molecule has 0 rings (SSSR count). The number of nitrogens with one attached hydrogen (secondary N) is 1. The molecule has 0 aliphatic carbocycles. The second kappa shape index (κ2) is 6.86. The van der Waals surface area contributed by atoms with Crippen molar-refractivity contribution < 1.29 is 14.6 Å². The lowest BCUT2D eigenvalue weighted by molar-refractivity contribution is -0.125. The molecule has 0 aromatic rings. The molecule has 0 aromatic heterocycles. The van der Waals surface area contributed by atoms with Gasteiger partial charge in [0.05, 0.1) is 12.7 Å². The van der Waals surface area contributed by atoms with Crippen LogP contribution in [0.4, 0.5) is 0 Å². The van der Waals surface area contributed by atoms with Gasteiger partial charge in [-0.3, -0.25) is 4.79 Å². The number of rotatable bonds is 6. The van der Waals surface area contributed by atoms with Gasteiger partial charge in [-0.1, -0.05) is 13.8 Å². The van der Waals surface area contributed by atoms with Gasteiger partial charge in [-0.05, 0) is 6.42 Å². The summed E-state index contributed by atoms with van der Waals surface area (Å²) in [7, 11) is 1.51. The van der Waals surface area contributed by atoms with Crippen molar-refractivity contribution in [3.05, 3.63) is 0 Å². The summed E-state index contributed by atoms with van der Waals surface area (Å²) < 4.78 is 4.72. The normalized spacial score (nSPS) is 15.1. The van der Waals surface area contributed by atoms with Crippen molar-refractivity contribution in [1.29, 1.82) is 0 Å². The number of carbonyl (C=O) groups excluding carboxylic acids is 1. The van der Waals surface area contributed by atoms with Crippen LogP contribution in [0.1, 0.15) is 20.3 Å². The Labute approximate surface area is 79.3 Å². The summed E-state index contributed by atoms with van der Waals surface area (Å²) >= 11 is 0. The van der Waals surface area contributed by atoms with Gasteiger partial charge in [-0.25, -0.2) is 0 Å². The standard InChI is InChI=1S/C9H19NO3/c1-4-7(2)9(12)10-5-8(11)6-13-3/h7-8,11H,4-6H2,1-3H3,(H,10,12). The third kappa shape index (κ3) is 5.60. The first-order valence-corrected chi connectivity index (χ1v) is 4.56. The van der Waals surface area contributed by atoms with Gasteiger partial charge in [0.1, 0.15) is 0 Å². The molecule has 0 aliphatic heterocycles. The molecule has 2 N–H and O–H groups in total. The van der Waals surface area contributed by atoms with E-state index in [0.29, 0.717) is 0 Å². The highest BCUT2D eigenvalue weighted by Gasteiger charge is 2.11. The SMILES string of the molecule is CCC(C)C(=O)NCC(O)COC. The van der Waals surface area contributed by atoms with E-state index in [1.807, 2.05) is 13.8 Å². The number of hydrogen-bond donors (Lipinski definition) is 2. The molecule has 2 atom stereocenters. The summed E-state index contributed by atoms with van der Waals surface area (Å²) in [5, 5.41) is 11.9. The van der Waals surface area contributed by atoms with E-state index in [9.17, 15) is 9.90 Å². The van der Waals surface area contributed by atoms with Crippen molar-refractivity contribution in [2.24, 2.45) is 5.92 Å². The zero-order valence-electron chi connectivity index (χ0n) is 8.54. The Balaban J connectivity index is 3.57. The molecule has 4 nitrogen and oxygen atoms in total. The second-order valence-electron chi connectivity index (χ2n) is 3.16. The summed E-state index contributed by atoms with van der Waals surface area (Å²) in [6.45, 7) is 4.33. The molecule has 0 heterocycles. The Kier molecular flexibility index (Phi) is 6.54. The van der Waals surface area contributed by atoms with E-state index >= 15 is 0 Å². The molecule has 0 radical (unpaired) electrons. The Bertz CT molecular complexity index is 150. The summed E-state index contributed by atoms with van der Waals surface area (Å²) in [4.78, 5) is 11.2. The molecule has 0 fully saturated rings. The molecule has 0 saturated heterocycles. The average Bonchev–Trinajstić information content (AvgIpc) is 2.13. The molecule has 78 valence electrons. The molecule has 0 spiro atoms. The van der Waals surface area contributed by atoms with E-state index in [1.165, 1.54) is 7.11 Å². The largest absolute Gasteiger partial charge is 0.389 e. The van der Waals surface area contributed by atoms with Crippen molar-refractivity contribution in [3.8, 4) is 0 Å². The maximum absolute atomic E-state index is 11.2. The fourth-order valence-electron chi connectivity index (χ4n) is 0.829. The summed E-state index contributed by atoms with van der Waals surface area (Å²) in [5.74, 6) is -0.00704. The third-order valence-corrected chi connectivity index (χ3v) is 1.93. The maximum atomic E-state index is 11.2. The van der Waals surface area contributed by atoms with Gasteiger partial charge in [0.15, 0.2) is 0 Å². The summed E-state index contributed by atoms with van der Waals surface area (Å²) in [5.41, 5.74) is 0. The van der Waals surface area contributed by atoms with Gasteiger partial charge in [-0.15, -0.1) is 0 Å². The lowest BCUT2D eigenvalue weighted by Crippen LogP contribution is -2.37. The predicted molar refractivity (Wildman–Crippen MR) is 50.3 cm³/mol. The van der Waals surface area contributed by atoms with Crippen LogP contribution in [-0.2, 0) is 9.53 Å². The lowest BCUT2D eigenvalue weighted by Gasteiger charge is -2.13. The molecule has 0 aliphatic rings. The van der Waals surface area contributed by atoms with Crippen LogP contribution < -0.4 is 5.32 Å². The number of methoxy groups -OCH3 is 1. The van der Waals surface area contributed by atoms with Crippen LogP contribution in [0, 0.1) is 5.92 Å². The van der Waals surface area contributed by atoms with E-state index in [-0.39, 0.29) is 25.0 Å². The van der Waals surface area contributed by atoms with Crippen molar-refractivity contribution >= 4 is 5.91 Å². The van der Waals surface area contributed by atoms with Crippen molar-refractivity contribution in [3.63, 3.8) is 0 Å². The minimum Gasteiger partial charge on any atom is -0.389 e. The van der Waals surface area contributed by atoms with Crippen LogP contribution in [-0.4, -0.2) is 37.4 Å². The second-order valence-corrected chi connectivity index (χ2v) is 3.16. The number of hydrogen-bond acceptors (Lipinski definition) is 3. The Morgan fingerprint density at radius 2 is 2.23 bits per heavy atom. The molecular formula is C9H19NO3. The predicted octanol–water partition coefficient (Wildman–Crippen LogP) is 0.156. The monoisotopic (exact) mass is 189 g/mol. The van der Waals surface area contributed by atoms with E-state index in [2.05, 4.69) is 5.32 Å². The van der Waals surface area contributed by atoms with Crippen LogP contribution in [0.25, 0.3) is 0 Å². The smallest absolute Gasteiger partial charge is 0.222 e. The highest BCUT2D eigenvalue weighted by Crippen LogP contribution is 1.99. The fourth-order valence-corrected chi connectivity index (χ4v) is 0.829. The van der Waals surface area contributed by atoms with Crippen LogP contribution in [0.15, 0.2) is 0 Å². The van der Waals surface area contributed by atoms with E-state index in [0.717, 1.165) is 6.42 Å². The van der Waals surface area contributed by atoms with Gasteiger partial charge >= 0.3 is 0 Å². The molecule has 13 heavy (non-hydrogen) atoms. The molecule has 0 bridgehead atoms. The van der Waals surface area contributed by atoms with Crippen LogP contribution >= 0.6 is 0 Å². The minimum absolute atomic E-state index is 0.00902. The molecular weight excluding hydrogens is 170 g/mol. The molecule has 0 saturated carbocycles. The molecule has 1 amide bonds. The topological polar surface area (TPSA) is 58.6 Å². The molecule has 2 unspecified atom stereocenters. The van der Waals surface area contributed by atoms with E-state index < -0.39 is 6.10 Å². The summed E-state index contributed by atoms with van der Waals surface area (Å²) in [6.07, 6.45) is 0.199. The molecule has 0 aromatic carbocycles. The number of amides is 1. The Morgan fingerprint density at radius 3 is 2.69 bits per heavy atom. The quantitative estimate of drug-likeness (QED) is 0.625. The highest BCUT2D eigenvalue weighted by molar-refractivity contribution is 5.78. The minimum atomic E-state index is -0.613. The van der Waals surface area contributed by atoms with E-state index in [4.69, 9.17) is 4.74 Å². The number of aliphatic hydroxyl groups excluding tert-OH is 1. The first-order valence-electron chi connectivity index (χ1n) is 4.56. The van der Waals surface area contributed by atoms with Crippen LogP contribution in [0.2, 0.25) is 0 Å². The van der Waals surface area contributed by atoms with Crippen molar-refractivity contribution in [2.75, 3.05) is 20.3 Å². The first-order chi connectivity index (χ1) is 6.11. The van der Waals surface area contributed by atoms with Gasteiger partial charge in [0, 0.05) is 19.6 Å². The zero-order valence-corrected chi connectivity index (χ0v) is 8.54. The fraction of sp³-hybridized carbons (Fsp3) is 0.889. The average molecular weight is 189 g/mol. The third-order valence-electron chi connectivity index (χ3n) is 1.93. The van der Waals surface area contributed by atoms with Crippen molar-refractivity contribution in [2.45, 2.75) is 26.4 Å². The number of ether oxygens (including phenoxy) is 1. The van der Waals surface area contributed by atoms with Gasteiger partial charge in [0.2, 0.25) is 5.91 Å². The van der Waals surface area contributed by atoms with Crippen LogP contribution in [0.3, 0.4) is 0 Å². The van der Waals surface area contributed by atoms with Gasteiger partial charge < -0.3 is 15.2 Å². The maximum Gasteiger partial charge on any atom is 0.222 e.